The molecular weight excluding hydrogens is 274 g/mol. The van der Waals surface area contributed by atoms with Crippen molar-refractivity contribution in [1.82, 2.24) is 4.98 Å². The number of hydrogen-bond donors (Lipinski definition) is 0. The van der Waals surface area contributed by atoms with E-state index in [1.165, 1.54) is 0 Å². The summed E-state index contributed by atoms with van der Waals surface area (Å²) in [7, 11) is 2.16. The third-order valence-electron chi connectivity index (χ3n) is 1.98. The van der Waals surface area contributed by atoms with E-state index in [4.69, 9.17) is 4.74 Å². The largest absolute Gasteiger partial charge is 0.574 e. The molecule has 106 valence electrons. The van der Waals surface area contributed by atoms with E-state index in [0.717, 1.165) is 20.3 Å². The fourth-order valence-corrected chi connectivity index (χ4v) is 1.21. The van der Waals surface area contributed by atoms with E-state index in [1.807, 2.05) is 0 Å². The molecule has 0 unspecified atom stereocenters. The summed E-state index contributed by atoms with van der Waals surface area (Å²) < 4.78 is 61.6. The topological polar surface area (TPSA) is 57.7 Å². The first kappa shape index (κ1) is 15.0. The third-order valence-corrected chi connectivity index (χ3v) is 1.98. The SMILES string of the molecule is COC(=O)c1nc(OC(F)(F)F)c(CF)cc1OC. The van der Waals surface area contributed by atoms with Crippen LogP contribution in [0.5, 0.6) is 11.6 Å². The molecule has 19 heavy (non-hydrogen) atoms. The third kappa shape index (κ3) is 3.70. The summed E-state index contributed by atoms with van der Waals surface area (Å²) in [4.78, 5) is 14.6. The van der Waals surface area contributed by atoms with Crippen LogP contribution >= 0.6 is 0 Å². The standard InChI is InChI=1S/C10H9F4NO4/c1-17-6-3-5(4-11)8(19-10(12,13)14)15-7(6)9(16)18-2/h3H,4H2,1-2H3. The summed E-state index contributed by atoms with van der Waals surface area (Å²) >= 11 is 0. The van der Waals surface area contributed by atoms with Crippen LogP contribution < -0.4 is 9.47 Å². The van der Waals surface area contributed by atoms with Crippen molar-refractivity contribution in [2.24, 2.45) is 0 Å². The van der Waals surface area contributed by atoms with E-state index in [9.17, 15) is 22.4 Å². The molecule has 0 aliphatic heterocycles. The minimum atomic E-state index is -5.06. The highest BCUT2D eigenvalue weighted by molar-refractivity contribution is 5.90. The van der Waals surface area contributed by atoms with Crippen LogP contribution in [0.25, 0.3) is 0 Å². The average Bonchev–Trinajstić information content (AvgIpc) is 2.35. The molecule has 0 aliphatic carbocycles. The van der Waals surface area contributed by atoms with Crippen molar-refractivity contribution in [3.8, 4) is 11.6 Å². The van der Waals surface area contributed by atoms with E-state index in [-0.39, 0.29) is 5.75 Å². The monoisotopic (exact) mass is 283 g/mol. The number of carbonyl (C=O) groups excluding carboxylic acids is 1. The highest BCUT2D eigenvalue weighted by Gasteiger charge is 2.34. The van der Waals surface area contributed by atoms with Gasteiger partial charge in [-0.05, 0) is 6.07 Å². The lowest BCUT2D eigenvalue weighted by Gasteiger charge is -2.13. The van der Waals surface area contributed by atoms with Crippen LogP contribution in [0.4, 0.5) is 17.6 Å². The highest BCUT2D eigenvalue weighted by atomic mass is 19.4. The molecule has 1 heterocycles. The van der Waals surface area contributed by atoms with Gasteiger partial charge in [0.25, 0.3) is 0 Å². The van der Waals surface area contributed by atoms with Crippen molar-refractivity contribution < 1.29 is 36.6 Å². The quantitative estimate of drug-likeness (QED) is 0.626. The maximum Gasteiger partial charge on any atom is 0.574 e. The Morgan fingerprint density at radius 1 is 1.37 bits per heavy atom. The summed E-state index contributed by atoms with van der Waals surface area (Å²) in [6.07, 6.45) is -5.06. The first-order chi connectivity index (χ1) is 8.82. The molecule has 1 rings (SSSR count). The lowest BCUT2D eigenvalue weighted by atomic mass is 10.2. The Balaban J connectivity index is 3.33. The van der Waals surface area contributed by atoms with Crippen LogP contribution in [-0.4, -0.2) is 31.5 Å². The molecule has 0 N–H and O–H groups in total. The zero-order chi connectivity index (χ0) is 14.6. The van der Waals surface area contributed by atoms with E-state index in [1.54, 1.807) is 0 Å². The van der Waals surface area contributed by atoms with E-state index in [2.05, 4.69) is 14.5 Å². The van der Waals surface area contributed by atoms with Crippen molar-refractivity contribution in [3.05, 3.63) is 17.3 Å². The zero-order valence-corrected chi connectivity index (χ0v) is 9.88. The Kier molecular flexibility index (Phi) is 4.52. The van der Waals surface area contributed by atoms with Crippen molar-refractivity contribution in [3.63, 3.8) is 0 Å². The summed E-state index contributed by atoms with van der Waals surface area (Å²) in [5, 5.41) is 0. The summed E-state index contributed by atoms with van der Waals surface area (Å²) in [5.74, 6) is -2.31. The molecule has 1 aromatic heterocycles. The number of carbonyl (C=O) groups is 1. The van der Waals surface area contributed by atoms with Crippen LogP contribution in [0.2, 0.25) is 0 Å². The summed E-state index contributed by atoms with van der Waals surface area (Å²) in [6, 6.07) is 0.889. The van der Waals surface area contributed by atoms with Gasteiger partial charge in [-0.2, -0.15) is 0 Å². The van der Waals surface area contributed by atoms with Crippen molar-refractivity contribution >= 4 is 5.97 Å². The van der Waals surface area contributed by atoms with Gasteiger partial charge in [0.15, 0.2) is 11.4 Å². The molecule has 0 aliphatic rings. The Labute approximate surface area is 105 Å². The fourth-order valence-electron chi connectivity index (χ4n) is 1.21. The number of halogens is 4. The molecule has 0 aromatic carbocycles. The van der Waals surface area contributed by atoms with Gasteiger partial charge in [-0.25, -0.2) is 14.2 Å². The van der Waals surface area contributed by atoms with Crippen LogP contribution in [0.3, 0.4) is 0 Å². The van der Waals surface area contributed by atoms with Gasteiger partial charge in [-0.15, -0.1) is 13.2 Å². The van der Waals surface area contributed by atoms with Gasteiger partial charge in [0.1, 0.15) is 6.67 Å². The molecule has 0 fully saturated rings. The van der Waals surface area contributed by atoms with Crippen LogP contribution in [0.15, 0.2) is 6.07 Å². The molecule has 0 spiro atoms. The van der Waals surface area contributed by atoms with E-state index >= 15 is 0 Å². The summed E-state index contributed by atoms with van der Waals surface area (Å²) in [6.45, 7) is -1.27. The highest BCUT2D eigenvalue weighted by Crippen LogP contribution is 2.30. The number of aromatic nitrogens is 1. The molecule has 0 amide bonds. The maximum absolute atomic E-state index is 12.6. The molecule has 9 heteroatoms. The van der Waals surface area contributed by atoms with Gasteiger partial charge >= 0.3 is 12.3 Å². The van der Waals surface area contributed by atoms with Crippen molar-refractivity contribution in [2.45, 2.75) is 13.0 Å². The predicted octanol–water partition coefficient (Wildman–Crippen LogP) is 2.24. The molecule has 0 bridgehead atoms. The molecule has 5 nitrogen and oxygen atoms in total. The Morgan fingerprint density at radius 3 is 2.42 bits per heavy atom. The van der Waals surface area contributed by atoms with Crippen molar-refractivity contribution in [2.75, 3.05) is 14.2 Å². The smallest absolute Gasteiger partial charge is 0.494 e. The lowest BCUT2D eigenvalue weighted by molar-refractivity contribution is -0.276. The zero-order valence-electron chi connectivity index (χ0n) is 9.88. The van der Waals surface area contributed by atoms with Crippen LogP contribution in [-0.2, 0) is 11.4 Å². The van der Waals surface area contributed by atoms with Gasteiger partial charge in [0.05, 0.1) is 14.2 Å². The first-order valence-electron chi connectivity index (χ1n) is 4.80. The number of nitrogens with zero attached hydrogens (tertiary/aromatic N) is 1. The van der Waals surface area contributed by atoms with Gasteiger partial charge in [-0.3, -0.25) is 0 Å². The number of alkyl halides is 4. The Morgan fingerprint density at radius 2 is 2.00 bits per heavy atom. The first-order valence-corrected chi connectivity index (χ1v) is 4.80. The lowest BCUT2D eigenvalue weighted by Crippen LogP contribution is -2.20. The minimum Gasteiger partial charge on any atom is -0.494 e. The number of rotatable bonds is 4. The molecule has 0 radical (unpaired) electrons. The number of pyridine rings is 1. The number of esters is 1. The fraction of sp³-hybridized carbons (Fsp3) is 0.400. The molecule has 0 atom stereocenters. The molecule has 0 saturated carbocycles. The average molecular weight is 283 g/mol. The summed E-state index contributed by atoms with van der Waals surface area (Å²) in [5.41, 5.74) is -1.04. The molecule has 1 aromatic rings. The van der Waals surface area contributed by atoms with Crippen LogP contribution in [0.1, 0.15) is 16.1 Å². The van der Waals surface area contributed by atoms with Crippen LogP contribution in [0, 0.1) is 0 Å². The molecule has 0 saturated heterocycles. The van der Waals surface area contributed by atoms with E-state index in [0.29, 0.717) is 0 Å². The second-order valence-corrected chi connectivity index (χ2v) is 3.18. The van der Waals surface area contributed by atoms with Gasteiger partial charge in [0.2, 0.25) is 5.88 Å². The maximum atomic E-state index is 12.6. The second-order valence-electron chi connectivity index (χ2n) is 3.18. The van der Waals surface area contributed by atoms with E-state index < -0.39 is 36.1 Å². The second kappa shape index (κ2) is 5.72. The minimum absolute atomic E-state index is 0.214. The normalized spacial score (nSPS) is 11.1. The van der Waals surface area contributed by atoms with Gasteiger partial charge in [-0.1, -0.05) is 0 Å². The Bertz CT molecular complexity index is 475. The van der Waals surface area contributed by atoms with Crippen molar-refractivity contribution in [1.29, 1.82) is 0 Å². The van der Waals surface area contributed by atoms with Gasteiger partial charge in [0, 0.05) is 5.56 Å². The Hall–Kier alpha value is -2.06. The predicted molar refractivity (Wildman–Crippen MR) is 53.6 cm³/mol. The van der Waals surface area contributed by atoms with Gasteiger partial charge < -0.3 is 14.2 Å². The number of methoxy groups -OCH3 is 2. The number of hydrogen-bond acceptors (Lipinski definition) is 5. The number of ether oxygens (including phenoxy) is 3. The molecular formula is C10H9F4NO4.